The van der Waals surface area contributed by atoms with Crippen molar-refractivity contribution in [3.05, 3.63) is 23.3 Å². The number of halogens is 2. The second-order valence-electron chi connectivity index (χ2n) is 5.21. The minimum atomic E-state index is -2.96. The van der Waals surface area contributed by atoms with E-state index in [1.165, 1.54) is 7.11 Å². The topological polar surface area (TPSA) is 72.3 Å². The highest BCUT2D eigenvalue weighted by Gasteiger charge is 2.37. The largest absolute Gasteiger partial charge is 0.478 e. The van der Waals surface area contributed by atoms with Crippen molar-refractivity contribution in [3.8, 4) is 0 Å². The molecule has 1 heterocycles. The van der Waals surface area contributed by atoms with E-state index < -0.39 is 29.3 Å². The van der Waals surface area contributed by atoms with Crippen LogP contribution >= 0.6 is 0 Å². The van der Waals surface area contributed by atoms with Crippen molar-refractivity contribution in [2.75, 3.05) is 7.11 Å². The van der Waals surface area contributed by atoms with Gasteiger partial charge >= 0.3 is 5.97 Å². The molecule has 1 saturated carbocycles. The van der Waals surface area contributed by atoms with Crippen LogP contribution in [0.4, 0.5) is 8.78 Å². The van der Waals surface area contributed by atoms with E-state index in [4.69, 9.17) is 9.84 Å². The van der Waals surface area contributed by atoms with Gasteiger partial charge in [0.15, 0.2) is 5.82 Å². The van der Waals surface area contributed by atoms with E-state index in [2.05, 4.69) is 9.97 Å². The van der Waals surface area contributed by atoms with Crippen molar-refractivity contribution in [1.82, 2.24) is 9.97 Å². The van der Waals surface area contributed by atoms with Crippen molar-refractivity contribution >= 4 is 5.97 Å². The van der Waals surface area contributed by atoms with E-state index in [1.807, 2.05) is 0 Å². The SMILES string of the molecule is COC1(c2ncc(C(=O)O)c(C(F)F)n2)CCCCCC1. The van der Waals surface area contributed by atoms with Crippen molar-refractivity contribution in [2.45, 2.75) is 50.6 Å². The summed E-state index contributed by atoms with van der Waals surface area (Å²) >= 11 is 0. The average molecular weight is 300 g/mol. The van der Waals surface area contributed by atoms with Crippen LogP contribution in [0.15, 0.2) is 6.20 Å². The first-order valence-electron chi connectivity index (χ1n) is 6.94. The van der Waals surface area contributed by atoms with Crippen LogP contribution in [0.5, 0.6) is 0 Å². The number of aromatic carboxylic acids is 1. The van der Waals surface area contributed by atoms with E-state index in [9.17, 15) is 13.6 Å². The third-order valence-electron chi connectivity index (χ3n) is 3.96. The van der Waals surface area contributed by atoms with Gasteiger partial charge in [0.1, 0.15) is 16.9 Å². The minimum Gasteiger partial charge on any atom is -0.478 e. The number of aromatic nitrogens is 2. The molecule has 5 nitrogen and oxygen atoms in total. The van der Waals surface area contributed by atoms with E-state index in [1.54, 1.807) is 0 Å². The number of alkyl halides is 2. The van der Waals surface area contributed by atoms with Gasteiger partial charge in [-0.05, 0) is 12.8 Å². The lowest BCUT2D eigenvalue weighted by atomic mass is 9.93. The molecule has 0 amide bonds. The minimum absolute atomic E-state index is 0.159. The van der Waals surface area contributed by atoms with Crippen LogP contribution in [0.3, 0.4) is 0 Å². The molecule has 1 N–H and O–H groups in total. The highest BCUT2D eigenvalue weighted by molar-refractivity contribution is 5.88. The second kappa shape index (κ2) is 6.43. The van der Waals surface area contributed by atoms with Crippen LogP contribution < -0.4 is 0 Å². The Labute approximate surface area is 121 Å². The Kier molecular flexibility index (Phi) is 4.82. The summed E-state index contributed by atoms with van der Waals surface area (Å²) in [6.45, 7) is 0. The monoisotopic (exact) mass is 300 g/mol. The number of nitrogens with zero attached hydrogens (tertiary/aromatic N) is 2. The van der Waals surface area contributed by atoms with Gasteiger partial charge in [-0.3, -0.25) is 0 Å². The van der Waals surface area contributed by atoms with Crippen molar-refractivity contribution in [3.63, 3.8) is 0 Å². The molecule has 1 fully saturated rings. The maximum atomic E-state index is 13.0. The van der Waals surface area contributed by atoms with Crippen LogP contribution in [-0.4, -0.2) is 28.2 Å². The fraction of sp³-hybridized carbons (Fsp3) is 0.643. The average Bonchev–Trinajstić information content (AvgIpc) is 2.72. The van der Waals surface area contributed by atoms with Crippen molar-refractivity contribution in [1.29, 1.82) is 0 Å². The predicted molar refractivity (Wildman–Crippen MR) is 70.3 cm³/mol. The summed E-state index contributed by atoms with van der Waals surface area (Å²) in [5, 5.41) is 8.94. The quantitative estimate of drug-likeness (QED) is 0.864. The molecule has 1 aromatic rings. The molecule has 2 rings (SSSR count). The molecule has 0 radical (unpaired) electrons. The first kappa shape index (κ1) is 15.8. The molecule has 1 aromatic heterocycles. The lowest BCUT2D eigenvalue weighted by Gasteiger charge is -2.30. The Balaban J connectivity index is 2.46. The van der Waals surface area contributed by atoms with Crippen molar-refractivity contribution < 1.29 is 23.4 Å². The van der Waals surface area contributed by atoms with Crippen LogP contribution in [-0.2, 0) is 10.3 Å². The zero-order valence-electron chi connectivity index (χ0n) is 11.8. The molecule has 21 heavy (non-hydrogen) atoms. The molecule has 0 bridgehead atoms. The zero-order chi connectivity index (χ0) is 15.5. The predicted octanol–water partition coefficient (Wildman–Crippen LogP) is 3.31. The highest BCUT2D eigenvalue weighted by Crippen LogP contribution is 2.38. The van der Waals surface area contributed by atoms with Crippen LogP contribution in [0.1, 0.15) is 66.8 Å². The standard InChI is InChI=1S/C14H18F2N2O3/c1-21-14(6-4-2-3-5-7-14)13-17-8-9(12(19)20)10(18-13)11(15)16/h8,11H,2-7H2,1H3,(H,19,20). The Morgan fingerprint density at radius 3 is 2.43 bits per heavy atom. The Morgan fingerprint density at radius 1 is 1.33 bits per heavy atom. The van der Waals surface area contributed by atoms with Crippen molar-refractivity contribution in [2.24, 2.45) is 0 Å². The molecule has 116 valence electrons. The molecule has 0 aliphatic heterocycles. The van der Waals surface area contributed by atoms with Gasteiger partial charge in [0.25, 0.3) is 6.43 Å². The number of carbonyl (C=O) groups is 1. The van der Waals surface area contributed by atoms with Crippen LogP contribution in [0.2, 0.25) is 0 Å². The molecule has 0 atom stereocenters. The molecule has 7 heteroatoms. The van der Waals surface area contributed by atoms with E-state index in [-0.39, 0.29) is 5.82 Å². The first-order chi connectivity index (χ1) is 10.00. The third kappa shape index (κ3) is 3.18. The molecule has 1 aliphatic rings. The number of rotatable bonds is 4. The smallest absolute Gasteiger partial charge is 0.339 e. The summed E-state index contributed by atoms with van der Waals surface area (Å²) in [6, 6.07) is 0. The Bertz CT molecular complexity index is 515. The zero-order valence-corrected chi connectivity index (χ0v) is 11.8. The lowest BCUT2D eigenvalue weighted by Crippen LogP contribution is -2.31. The van der Waals surface area contributed by atoms with Gasteiger partial charge in [-0.2, -0.15) is 0 Å². The van der Waals surface area contributed by atoms with Gasteiger partial charge < -0.3 is 9.84 Å². The fourth-order valence-corrected chi connectivity index (χ4v) is 2.76. The molecular weight excluding hydrogens is 282 g/mol. The summed E-state index contributed by atoms with van der Waals surface area (Å²) < 4.78 is 31.7. The Morgan fingerprint density at radius 2 is 1.95 bits per heavy atom. The van der Waals surface area contributed by atoms with E-state index >= 15 is 0 Å². The van der Waals surface area contributed by atoms with Crippen LogP contribution in [0, 0.1) is 0 Å². The number of methoxy groups -OCH3 is 1. The van der Waals surface area contributed by atoms with Gasteiger partial charge in [0.05, 0.1) is 0 Å². The molecule has 0 saturated heterocycles. The van der Waals surface area contributed by atoms with Crippen LogP contribution in [0.25, 0.3) is 0 Å². The fourth-order valence-electron chi connectivity index (χ4n) is 2.76. The number of carboxylic acids is 1. The molecular formula is C14H18F2N2O3. The maximum Gasteiger partial charge on any atom is 0.339 e. The van der Waals surface area contributed by atoms with E-state index in [0.717, 1.165) is 31.9 Å². The number of hydrogen-bond donors (Lipinski definition) is 1. The molecule has 1 aliphatic carbocycles. The third-order valence-corrected chi connectivity index (χ3v) is 3.96. The normalized spacial score (nSPS) is 18.5. The van der Waals surface area contributed by atoms with Gasteiger partial charge in [-0.1, -0.05) is 25.7 Å². The number of ether oxygens (including phenoxy) is 1. The number of hydrogen-bond acceptors (Lipinski definition) is 4. The summed E-state index contributed by atoms with van der Waals surface area (Å²) in [5.74, 6) is -1.30. The number of carboxylic acid groups (broad SMARTS) is 1. The molecule has 0 unspecified atom stereocenters. The summed E-state index contributed by atoms with van der Waals surface area (Å²) in [4.78, 5) is 18.8. The molecule has 0 aromatic carbocycles. The van der Waals surface area contributed by atoms with Gasteiger partial charge in [-0.15, -0.1) is 0 Å². The summed E-state index contributed by atoms with van der Waals surface area (Å²) in [7, 11) is 1.52. The first-order valence-corrected chi connectivity index (χ1v) is 6.94. The maximum absolute atomic E-state index is 13.0. The molecule has 0 spiro atoms. The summed E-state index contributed by atoms with van der Waals surface area (Å²) in [5.41, 5.74) is -2.10. The van der Waals surface area contributed by atoms with Gasteiger partial charge in [-0.25, -0.2) is 23.5 Å². The second-order valence-corrected chi connectivity index (χ2v) is 5.21. The van der Waals surface area contributed by atoms with Gasteiger partial charge in [0.2, 0.25) is 0 Å². The van der Waals surface area contributed by atoms with E-state index in [0.29, 0.717) is 12.8 Å². The highest BCUT2D eigenvalue weighted by atomic mass is 19.3. The lowest BCUT2D eigenvalue weighted by molar-refractivity contribution is -0.0358. The van der Waals surface area contributed by atoms with Gasteiger partial charge in [0, 0.05) is 13.3 Å². The Hall–Kier alpha value is -1.63. The summed E-state index contributed by atoms with van der Waals surface area (Å²) in [6.07, 6.45) is 3.22.